The highest BCUT2D eigenvalue weighted by atomic mass is 15.1. The number of fused-ring (bicyclic) bond motifs is 3. The van der Waals surface area contributed by atoms with Gasteiger partial charge in [-0.3, -0.25) is 0 Å². The molecule has 5 rings (SSSR count). The lowest BCUT2D eigenvalue weighted by molar-refractivity contribution is 0.787. The number of nitrogen functional groups attached to an aromatic ring is 1. The Kier molecular flexibility index (Phi) is 3.60. The van der Waals surface area contributed by atoms with Gasteiger partial charge in [0.15, 0.2) is 5.82 Å². The van der Waals surface area contributed by atoms with E-state index >= 15 is 0 Å². The molecule has 2 aromatic carbocycles. The molecule has 0 fully saturated rings. The third-order valence-electron chi connectivity index (χ3n) is 4.75. The number of aromatic nitrogens is 5. The van der Waals surface area contributed by atoms with E-state index in [1.807, 2.05) is 37.1 Å². The molecule has 0 amide bonds. The van der Waals surface area contributed by atoms with Crippen LogP contribution in [-0.4, -0.2) is 24.1 Å². The first-order valence-corrected chi connectivity index (χ1v) is 8.80. The highest BCUT2D eigenvalue weighted by Crippen LogP contribution is 2.27. The van der Waals surface area contributed by atoms with Crippen LogP contribution in [-0.2, 0) is 13.1 Å². The van der Waals surface area contributed by atoms with Crippen molar-refractivity contribution in [2.75, 3.05) is 5.73 Å². The van der Waals surface area contributed by atoms with Crippen molar-refractivity contribution < 1.29 is 0 Å². The maximum absolute atomic E-state index is 6.13. The standard InChI is InChI=1S/C21H18N6/c22-21-19-20(17-6-1-2-7-18(17)25-21)27(14-24-19)12-16-5-3-4-15(10-16)11-26-9-8-23-13-26/h1-10,13-14H,11-12H2,(H2,22,25). The molecule has 0 aliphatic heterocycles. The van der Waals surface area contributed by atoms with Gasteiger partial charge in [0.1, 0.15) is 5.52 Å². The lowest BCUT2D eigenvalue weighted by atomic mass is 10.1. The zero-order valence-electron chi connectivity index (χ0n) is 14.7. The zero-order valence-corrected chi connectivity index (χ0v) is 14.7. The van der Waals surface area contributed by atoms with Gasteiger partial charge in [-0.1, -0.05) is 42.5 Å². The number of nitrogens with zero attached hydrogens (tertiary/aromatic N) is 5. The molecule has 3 aromatic heterocycles. The number of nitrogens with two attached hydrogens (primary N) is 1. The molecule has 0 saturated carbocycles. The summed E-state index contributed by atoms with van der Waals surface area (Å²) < 4.78 is 4.21. The van der Waals surface area contributed by atoms with E-state index in [4.69, 9.17) is 5.73 Å². The smallest absolute Gasteiger partial charge is 0.152 e. The van der Waals surface area contributed by atoms with E-state index in [-0.39, 0.29) is 0 Å². The summed E-state index contributed by atoms with van der Waals surface area (Å²) in [4.78, 5) is 13.1. The third-order valence-corrected chi connectivity index (χ3v) is 4.75. The first-order valence-electron chi connectivity index (χ1n) is 8.80. The normalized spacial score (nSPS) is 11.4. The average Bonchev–Trinajstić information content (AvgIpc) is 3.33. The maximum Gasteiger partial charge on any atom is 0.152 e. The Bertz CT molecular complexity index is 1240. The Morgan fingerprint density at radius 1 is 0.926 bits per heavy atom. The Labute approximate surface area is 155 Å². The van der Waals surface area contributed by atoms with E-state index in [0.717, 1.165) is 35.0 Å². The van der Waals surface area contributed by atoms with Crippen molar-refractivity contribution in [3.63, 3.8) is 0 Å². The molecule has 3 heterocycles. The van der Waals surface area contributed by atoms with E-state index in [9.17, 15) is 0 Å². The van der Waals surface area contributed by atoms with Crippen LogP contribution in [0.15, 0.2) is 73.6 Å². The number of benzene rings is 2. The van der Waals surface area contributed by atoms with E-state index in [0.29, 0.717) is 5.82 Å². The number of hydrogen-bond donors (Lipinski definition) is 1. The fourth-order valence-electron chi connectivity index (χ4n) is 3.54. The Hall–Kier alpha value is -3.67. The van der Waals surface area contributed by atoms with Crippen molar-refractivity contribution >= 4 is 27.8 Å². The molecule has 0 unspecified atom stereocenters. The van der Waals surface area contributed by atoms with Gasteiger partial charge in [0, 0.05) is 30.9 Å². The number of anilines is 1. The quantitative estimate of drug-likeness (QED) is 0.536. The number of para-hydroxylation sites is 1. The summed E-state index contributed by atoms with van der Waals surface area (Å²) in [6, 6.07) is 16.6. The van der Waals surface area contributed by atoms with Crippen LogP contribution in [0.25, 0.3) is 21.9 Å². The van der Waals surface area contributed by atoms with Crippen LogP contribution in [0.3, 0.4) is 0 Å². The minimum absolute atomic E-state index is 0.469. The van der Waals surface area contributed by atoms with Crippen molar-refractivity contribution in [2.45, 2.75) is 13.1 Å². The molecule has 27 heavy (non-hydrogen) atoms. The van der Waals surface area contributed by atoms with Gasteiger partial charge in [-0.2, -0.15) is 0 Å². The first kappa shape index (κ1) is 15.6. The molecule has 2 N–H and O–H groups in total. The summed E-state index contributed by atoms with van der Waals surface area (Å²) in [7, 11) is 0. The average molecular weight is 354 g/mol. The molecule has 0 radical (unpaired) electrons. The fraction of sp³-hybridized carbons (Fsp3) is 0.0952. The minimum Gasteiger partial charge on any atom is -0.382 e. The van der Waals surface area contributed by atoms with Gasteiger partial charge in [0.05, 0.1) is 23.7 Å². The fourth-order valence-corrected chi connectivity index (χ4v) is 3.54. The number of pyridine rings is 1. The second-order valence-corrected chi connectivity index (χ2v) is 6.64. The first-order chi connectivity index (χ1) is 13.3. The van der Waals surface area contributed by atoms with E-state index < -0.39 is 0 Å². The summed E-state index contributed by atoms with van der Waals surface area (Å²) in [5, 5.41) is 1.06. The molecule has 6 nitrogen and oxygen atoms in total. The van der Waals surface area contributed by atoms with Crippen LogP contribution in [0.2, 0.25) is 0 Å². The van der Waals surface area contributed by atoms with Crippen LogP contribution in [0.1, 0.15) is 11.1 Å². The van der Waals surface area contributed by atoms with Crippen molar-refractivity contribution in [3.05, 3.63) is 84.7 Å². The SMILES string of the molecule is Nc1nc2ccccc2c2c1ncn2Cc1cccc(Cn2ccnc2)c1. The predicted octanol–water partition coefficient (Wildman–Crippen LogP) is 3.46. The van der Waals surface area contributed by atoms with Crippen LogP contribution >= 0.6 is 0 Å². The van der Waals surface area contributed by atoms with Crippen LogP contribution in [0, 0.1) is 0 Å². The monoisotopic (exact) mass is 354 g/mol. The molecule has 0 aliphatic rings. The zero-order chi connectivity index (χ0) is 18.2. The second-order valence-electron chi connectivity index (χ2n) is 6.64. The van der Waals surface area contributed by atoms with Crippen molar-refractivity contribution in [3.8, 4) is 0 Å². The summed E-state index contributed by atoms with van der Waals surface area (Å²) in [6.45, 7) is 1.53. The van der Waals surface area contributed by atoms with Crippen molar-refractivity contribution in [1.29, 1.82) is 0 Å². The van der Waals surface area contributed by atoms with E-state index in [2.05, 4.69) is 54.4 Å². The number of rotatable bonds is 4. The van der Waals surface area contributed by atoms with Gasteiger partial charge in [-0.15, -0.1) is 0 Å². The molecule has 0 bridgehead atoms. The third kappa shape index (κ3) is 2.81. The van der Waals surface area contributed by atoms with Gasteiger partial charge in [-0.25, -0.2) is 15.0 Å². The van der Waals surface area contributed by atoms with Gasteiger partial charge in [-0.05, 0) is 17.2 Å². The summed E-state index contributed by atoms with van der Waals surface area (Å²) in [6.07, 6.45) is 7.44. The lowest BCUT2D eigenvalue weighted by Gasteiger charge is -2.10. The highest BCUT2D eigenvalue weighted by Gasteiger charge is 2.12. The Balaban J connectivity index is 1.55. The van der Waals surface area contributed by atoms with Crippen molar-refractivity contribution in [2.24, 2.45) is 0 Å². The molecule has 5 aromatic rings. The minimum atomic E-state index is 0.469. The molecular weight excluding hydrogens is 336 g/mol. The largest absolute Gasteiger partial charge is 0.382 e. The molecule has 0 aliphatic carbocycles. The van der Waals surface area contributed by atoms with E-state index in [1.165, 1.54) is 11.1 Å². The van der Waals surface area contributed by atoms with Crippen LogP contribution in [0.5, 0.6) is 0 Å². The van der Waals surface area contributed by atoms with Gasteiger partial charge < -0.3 is 14.9 Å². The van der Waals surface area contributed by atoms with Gasteiger partial charge in [0.2, 0.25) is 0 Å². The predicted molar refractivity (Wildman–Crippen MR) is 106 cm³/mol. The molecule has 6 heteroatoms. The number of imidazole rings is 2. The van der Waals surface area contributed by atoms with Gasteiger partial charge in [0.25, 0.3) is 0 Å². The number of hydrogen-bond acceptors (Lipinski definition) is 4. The molecule has 0 saturated heterocycles. The van der Waals surface area contributed by atoms with Gasteiger partial charge >= 0.3 is 0 Å². The maximum atomic E-state index is 6.13. The molecular formula is C21H18N6. The molecule has 0 spiro atoms. The highest BCUT2D eigenvalue weighted by molar-refractivity contribution is 6.06. The van der Waals surface area contributed by atoms with Crippen molar-refractivity contribution in [1.82, 2.24) is 24.1 Å². The molecule has 0 atom stereocenters. The second kappa shape index (κ2) is 6.25. The Morgan fingerprint density at radius 2 is 1.78 bits per heavy atom. The lowest BCUT2D eigenvalue weighted by Crippen LogP contribution is -2.02. The molecule has 132 valence electrons. The van der Waals surface area contributed by atoms with Crippen LogP contribution < -0.4 is 5.73 Å². The Morgan fingerprint density at radius 3 is 2.63 bits per heavy atom. The van der Waals surface area contributed by atoms with Crippen LogP contribution in [0.4, 0.5) is 5.82 Å². The summed E-state index contributed by atoms with van der Waals surface area (Å²) >= 11 is 0. The van der Waals surface area contributed by atoms with E-state index in [1.54, 1.807) is 6.20 Å². The topological polar surface area (TPSA) is 74.5 Å². The summed E-state index contributed by atoms with van der Waals surface area (Å²) in [5.41, 5.74) is 11.3. The summed E-state index contributed by atoms with van der Waals surface area (Å²) in [5.74, 6) is 0.469.